The van der Waals surface area contributed by atoms with Crippen molar-refractivity contribution in [2.24, 2.45) is 5.92 Å². The minimum atomic E-state index is -0.937. The number of carboxylic acid groups (broad SMARTS) is 1. The van der Waals surface area contributed by atoms with Crippen molar-refractivity contribution in [2.75, 3.05) is 12.4 Å². The van der Waals surface area contributed by atoms with E-state index in [1.165, 1.54) is 0 Å². The van der Waals surface area contributed by atoms with Crippen LogP contribution in [-0.4, -0.2) is 45.7 Å². The van der Waals surface area contributed by atoms with Gasteiger partial charge in [0.25, 0.3) is 0 Å². The maximum absolute atomic E-state index is 11.6. The van der Waals surface area contributed by atoms with E-state index in [0.29, 0.717) is 5.75 Å². The number of aliphatic carboxylic acids is 1. The molecule has 0 aliphatic heterocycles. The molecule has 0 saturated carbocycles. The summed E-state index contributed by atoms with van der Waals surface area (Å²) >= 11 is 1.16. The molecule has 0 aliphatic carbocycles. The van der Waals surface area contributed by atoms with Crippen molar-refractivity contribution in [1.82, 2.24) is 5.32 Å². The Bertz CT molecular complexity index is 258. The van der Waals surface area contributed by atoms with Crippen LogP contribution in [0.2, 0.25) is 0 Å². The molecule has 0 rings (SSSR count). The number of rotatable bonds is 8. The molecule has 3 N–H and O–H groups in total. The van der Waals surface area contributed by atoms with E-state index in [9.17, 15) is 9.59 Å². The molecule has 0 bridgehead atoms. The predicted octanol–water partition coefficient (Wildman–Crippen LogP) is 0.716. The molecule has 0 aromatic carbocycles. The molecule has 0 radical (unpaired) electrons. The van der Waals surface area contributed by atoms with Crippen molar-refractivity contribution in [3.05, 3.63) is 0 Å². The first-order valence-electron chi connectivity index (χ1n) is 5.64. The number of aliphatic hydroxyl groups excluding tert-OH is 1. The van der Waals surface area contributed by atoms with Crippen molar-refractivity contribution < 1.29 is 19.8 Å². The zero-order chi connectivity index (χ0) is 13.4. The first kappa shape index (κ1) is 16.2. The largest absolute Gasteiger partial charge is 0.480 e. The third kappa shape index (κ3) is 7.23. The van der Waals surface area contributed by atoms with Gasteiger partial charge in [-0.05, 0) is 20.3 Å². The third-order valence-electron chi connectivity index (χ3n) is 2.13. The summed E-state index contributed by atoms with van der Waals surface area (Å²) in [5, 5.41) is 19.8. The van der Waals surface area contributed by atoms with Crippen LogP contribution < -0.4 is 5.32 Å². The Balaban J connectivity index is 4.24. The van der Waals surface area contributed by atoms with Gasteiger partial charge in [0, 0.05) is 17.7 Å². The lowest BCUT2D eigenvalue weighted by Gasteiger charge is -2.18. The molecule has 100 valence electrons. The highest BCUT2D eigenvalue weighted by Gasteiger charge is 2.24. The van der Waals surface area contributed by atoms with E-state index < -0.39 is 11.2 Å². The molecule has 0 heterocycles. The van der Waals surface area contributed by atoms with E-state index in [0.717, 1.165) is 11.8 Å². The predicted molar refractivity (Wildman–Crippen MR) is 68.0 cm³/mol. The first-order valence-corrected chi connectivity index (χ1v) is 6.69. The minimum Gasteiger partial charge on any atom is -0.480 e. The van der Waals surface area contributed by atoms with Crippen molar-refractivity contribution in [1.29, 1.82) is 0 Å². The van der Waals surface area contributed by atoms with E-state index in [2.05, 4.69) is 5.32 Å². The number of carbonyl (C=O) groups is 2. The Morgan fingerprint density at radius 1 is 1.29 bits per heavy atom. The number of thioether (sulfide) groups is 1. The highest BCUT2D eigenvalue weighted by atomic mass is 32.2. The van der Waals surface area contributed by atoms with E-state index in [1.807, 2.05) is 13.8 Å². The van der Waals surface area contributed by atoms with Gasteiger partial charge in [-0.25, -0.2) is 0 Å². The molecule has 0 aliphatic rings. The van der Waals surface area contributed by atoms with Crippen LogP contribution in [-0.2, 0) is 9.59 Å². The maximum atomic E-state index is 11.6. The van der Waals surface area contributed by atoms with Gasteiger partial charge in [0.1, 0.15) is 5.25 Å². The quantitative estimate of drug-likeness (QED) is 0.600. The Labute approximate surface area is 106 Å². The van der Waals surface area contributed by atoms with Crippen LogP contribution in [0, 0.1) is 5.92 Å². The second-order valence-electron chi connectivity index (χ2n) is 4.22. The maximum Gasteiger partial charge on any atom is 0.316 e. The number of nitrogens with one attached hydrogen (secondary N) is 1. The molecule has 2 unspecified atom stereocenters. The fourth-order valence-corrected chi connectivity index (χ4v) is 2.25. The summed E-state index contributed by atoms with van der Waals surface area (Å²) in [7, 11) is 0. The van der Waals surface area contributed by atoms with Crippen LogP contribution in [0.4, 0.5) is 0 Å². The molecule has 2 atom stereocenters. The molecule has 1 amide bonds. The van der Waals surface area contributed by atoms with Gasteiger partial charge in [-0.3, -0.25) is 9.59 Å². The van der Waals surface area contributed by atoms with Gasteiger partial charge in [-0.15, -0.1) is 11.8 Å². The zero-order valence-electron chi connectivity index (χ0n) is 10.5. The van der Waals surface area contributed by atoms with Gasteiger partial charge < -0.3 is 15.5 Å². The van der Waals surface area contributed by atoms with Gasteiger partial charge in [-0.1, -0.05) is 6.92 Å². The number of aliphatic hydroxyl groups is 1. The molecular formula is C11H21NO4S. The first-order chi connectivity index (χ1) is 7.88. The second kappa shape index (κ2) is 8.36. The van der Waals surface area contributed by atoms with Gasteiger partial charge in [0.05, 0.1) is 6.61 Å². The molecule has 6 heteroatoms. The summed E-state index contributed by atoms with van der Waals surface area (Å²) in [4.78, 5) is 22.6. The number of amides is 1. The van der Waals surface area contributed by atoms with Crippen molar-refractivity contribution >= 4 is 23.6 Å². The molecule has 0 saturated heterocycles. The Hall–Kier alpha value is -0.750. The van der Waals surface area contributed by atoms with Crippen LogP contribution in [0.5, 0.6) is 0 Å². The van der Waals surface area contributed by atoms with Crippen molar-refractivity contribution in [3.8, 4) is 0 Å². The number of carboxylic acids is 1. The van der Waals surface area contributed by atoms with Gasteiger partial charge in [0.15, 0.2) is 0 Å². The minimum absolute atomic E-state index is 0.0540. The van der Waals surface area contributed by atoms with Crippen molar-refractivity contribution in [2.45, 2.75) is 38.5 Å². The normalized spacial score (nSPS) is 14.4. The van der Waals surface area contributed by atoms with E-state index in [-0.39, 0.29) is 30.9 Å². The molecule has 0 aromatic rings. The Morgan fingerprint density at radius 3 is 2.29 bits per heavy atom. The van der Waals surface area contributed by atoms with Crippen LogP contribution in [0.1, 0.15) is 27.2 Å². The van der Waals surface area contributed by atoms with E-state index in [4.69, 9.17) is 10.2 Å². The summed E-state index contributed by atoms with van der Waals surface area (Å²) < 4.78 is 0. The lowest BCUT2D eigenvalue weighted by atomic mass is 10.0. The SMILES string of the molecule is CC(C)NC(=O)C(C)CC(SCCO)C(=O)O. The van der Waals surface area contributed by atoms with Crippen LogP contribution >= 0.6 is 11.8 Å². The van der Waals surface area contributed by atoms with Crippen LogP contribution in [0.15, 0.2) is 0 Å². The summed E-state index contributed by atoms with van der Waals surface area (Å²) in [6.45, 7) is 5.38. The molecule has 0 spiro atoms. The fourth-order valence-electron chi connectivity index (χ4n) is 1.29. The van der Waals surface area contributed by atoms with Gasteiger partial charge >= 0.3 is 5.97 Å². The Morgan fingerprint density at radius 2 is 1.88 bits per heavy atom. The number of hydrogen-bond donors (Lipinski definition) is 3. The van der Waals surface area contributed by atoms with Crippen LogP contribution in [0.25, 0.3) is 0 Å². The van der Waals surface area contributed by atoms with Crippen molar-refractivity contribution in [3.63, 3.8) is 0 Å². The van der Waals surface area contributed by atoms with E-state index >= 15 is 0 Å². The monoisotopic (exact) mass is 263 g/mol. The average molecular weight is 263 g/mol. The van der Waals surface area contributed by atoms with Gasteiger partial charge in [0.2, 0.25) is 5.91 Å². The van der Waals surface area contributed by atoms with Gasteiger partial charge in [-0.2, -0.15) is 0 Å². The lowest BCUT2D eigenvalue weighted by Crippen LogP contribution is -2.36. The summed E-state index contributed by atoms with van der Waals surface area (Å²) in [5.41, 5.74) is 0. The molecule has 17 heavy (non-hydrogen) atoms. The van der Waals surface area contributed by atoms with E-state index in [1.54, 1.807) is 6.92 Å². The fraction of sp³-hybridized carbons (Fsp3) is 0.818. The molecule has 0 fully saturated rings. The standard InChI is InChI=1S/C11H21NO4S/c1-7(2)12-10(14)8(3)6-9(11(15)16)17-5-4-13/h7-9,13H,4-6H2,1-3H3,(H,12,14)(H,15,16). The summed E-state index contributed by atoms with van der Waals surface area (Å²) in [6.07, 6.45) is 0.276. The average Bonchev–Trinajstić information content (AvgIpc) is 2.22. The molecule has 0 aromatic heterocycles. The summed E-state index contributed by atoms with van der Waals surface area (Å²) in [6, 6.07) is 0.0540. The highest BCUT2D eigenvalue weighted by Crippen LogP contribution is 2.19. The topological polar surface area (TPSA) is 86.6 Å². The highest BCUT2D eigenvalue weighted by molar-refractivity contribution is 8.00. The molecular weight excluding hydrogens is 242 g/mol. The lowest BCUT2D eigenvalue weighted by molar-refractivity contribution is -0.136. The number of hydrogen-bond acceptors (Lipinski definition) is 4. The second-order valence-corrected chi connectivity index (χ2v) is 5.53. The summed E-state index contributed by atoms with van der Waals surface area (Å²) in [5.74, 6) is -1.04. The zero-order valence-corrected chi connectivity index (χ0v) is 11.3. The molecule has 5 nitrogen and oxygen atoms in total. The Kier molecular flexibility index (Phi) is 7.99. The van der Waals surface area contributed by atoms with Crippen LogP contribution in [0.3, 0.4) is 0 Å². The smallest absolute Gasteiger partial charge is 0.316 e. The number of carbonyl (C=O) groups excluding carboxylic acids is 1. The third-order valence-corrected chi connectivity index (χ3v) is 3.35.